The molecule has 112 valence electrons. The number of carbonyl (C=O) groups excluding carboxylic acids is 2. The second-order valence-electron chi connectivity index (χ2n) is 5.01. The number of aromatic nitrogens is 1. The molecular formula is C13H16FN5O2. The molecule has 7 nitrogen and oxygen atoms in total. The summed E-state index contributed by atoms with van der Waals surface area (Å²) in [4.78, 5) is 27.1. The number of alkyl halides is 1. The Hall–Kier alpha value is -2.40. The van der Waals surface area contributed by atoms with Gasteiger partial charge in [0.25, 0.3) is 5.91 Å². The van der Waals surface area contributed by atoms with E-state index in [4.69, 9.17) is 11.0 Å². The van der Waals surface area contributed by atoms with Gasteiger partial charge in [-0.25, -0.2) is 4.39 Å². The first-order valence-corrected chi connectivity index (χ1v) is 6.52. The highest BCUT2D eigenvalue weighted by molar-refractivity contribution is 5.94. The van der Waals surface area contributed by atoms with E-state index in [-0.39, 0.29) is 38.0 Å². The molecule has 2 amide bonds. The highest BCUT2D eigenvalue weighted by atomic mass is 19.1. The number of primary amides is 1. The van der Waals surface area contributed by atoms with E-state index in [2.05, 4.69) is 10.3 Å². The number of carbonyl (C=O) groups is 2. The van der Waals surface area contributed by atoms with Gasteiger partial charge in [0.1, 0.15) is 17.9 Å². The maximum absolute atomic E-state index is 13.4. The van der Waals surface area contributed by atoms with Crippen LogP contribution in [0.1, 0.15) is 22.5 Å². The molecule has 1 aromatic heterocycles. The SMILES string of the molecule is N#Cc1cc(C(=O)NC[C@@H]2C[C@H](F)CN2CC(N)=O)c[nH]1. The fraction of sp³-hybridized carbons (Fsp3) is 0.462. The van der Waals surface area contributed by atoms with Crippen LogP contribution in [0.5, 0.6) is 0 Å². The number of nitrogens with two attached hydrogens (primary N) is 1. The summed E-state index contributed by atoms with van der Waals surface area (Å²) in [6.07, 6.45) is 0.662. The summed E-state index contributed by atoms with van der Waals surface area (Å²) in [6.45, 7) is 0.343. The van der Waals surface area contributed by atoms with E-state index in [9.17, 15) is 14.0 Å². The molecule has 1 aliphatic heterocycles. The van der Waals surface area contributed by atoms with Crippen LogP contribution in [0.3, 0.4) is 0 Å². The monoisotopic (exact) mass is 293 g/mol. The molecule has 0 bridgehead atoms. The number of aromatic amines is 1. The van der Waals surface area contributed by atoms with Gasteiger partial charge < -0.3 is 16.0 Å². The Balaban J connectivity index is 1.90. The summed E-state index contributed by atoms with van der Waals surface area (Å²) >= 11 is 0. The Morgan fingerprint density at radius 2 is 2.38 bits per heavy atom. The number of hydrogen-bond acceptors (Lipinski definition) is 4. The first-order chi connectivity index (χ1) is 9.99. The average molecular weight is 293 g/mol. The van der Waals surface area contributed by atoms with Crippen LogP contribution in [0.4, 0.5) is 4.39 Å². The van der Waals surface area contributed by atoms with E-state index in [0.29, 0.717) is 11.3 Å². The third kappa shape index (κ3) is 3.79. The molecule has 0 spiro atoms. The van der Waals surface area contributed by atoms with Crippen molar-refractivity contribution in [2.75, 3.05) is 19.6 Å². The van der Waals surface area contributed by atoms with Crippen LogP contribution < -0.4 is 11.1 Å². The maximum atomic E-state index is 13.4. The van der Waals surface area contributed by atoms with Crippen molar-refractivity contribution < 1.29 is 14.0 Å². The number of nitrogens with one attached hydrogen (secondary N) is 2. The lowest BCUT2D eigenvalue weighted by atomic mass is 10.2. The van der Waals surface area contributed by atoms with Crippen molar-refractivity contribution in [2.45, 2.75) is 18.6 Å². The number of H-pyrrole nitrogens is 1. The number of halogens is 1. The summed E-state index contributed by atoms with van der Waals surface area (Å²) < 4.78 is 13.4. The van der Waals surface area contributed by atoms with Gasteiger partial charge in [-0.2, -0.15) is 5.26 Å². The van der Waals surface area contributed by atoms with Crippen LogP contribution in [0, 0.1) is 11.3 Å². The molecule has 0 unspecified atom stereocenters. The van der Waals surface area contributed by atoms with Gasteiger partial charge in [-0.3, -0.25) is 14.5 Å². The molecule has 1 saturated heterocycles. The minimum absolute atomic E-state index is 0.0241. The van der Waals surface area contributed by atoms with Gasteiger partial charge in [-0.05, 0) is 12.5 Å². The van der Waals surface area contributed by atoms with Crippen molar-refractivity contribution >= 4 is 11.8 Å². The first kappa shape index (κ1) is 15.0. The molecule has 8 heteroatoms. The Morgan fingerprint density at radius 1 is 1.62 bits per heavy atom. The normalized spacial score (nSPS) is 21.9. The zero-order valence-electron chi connectivity index (χ0n) is 11.3. The Bertz CT molecular complexity index is 579. The van der Waals surface area contributed by atoms with Crippen LogP contribution in [-0.2, 0) is 4.79 Å². The average Bonchev–Trinajstić information content (AvgIpc) is 3.02. The van der Waals surface area contributed by atoms with Crippen LogP contribution in [-0.4, -0.2) is 53.5 Å². The quantitative estimate of drug-likeness (QED) is 0.679. The minimum Gasteiger partial charge on any atom is -0.369 e. The zero-order chi connectivity index (χ0) is 15.4. The lowest BCUT2D eigenvalue weighted by Crippen LogP contribution is -2.43. The molecule has 4 N–H and O–H groups in total. The molecule has 0 aliphatic carbocycles. The van der Waals surface area contributed by atoms with Crippen molar-refractivity contribution in [2.24, 2.45) is 5.73 Å². The summed E-state index contributed by atoms with van der Waals surface area (Å²) in [6, 6.07) is 3.06. The van der Waals surface area contributed by atoms with Crippen molar-refractivity contribution in [3.05, 3.63) is 23.5 Å². The molecule has 1 aromatic rings. The number of amides is 2. The van der Waals surface area contributed by atoms with E-state index < -0.39 is 12.1 Å². The zero-order valence-corrected chi connectivity index (χ0v) is 11.3. The van der Waals surface area contributed by atoms with Gasteiger partial charge in [0.2, 0.25) is 5.91 Å². The van der Waals surface area contributed by atoms with E-state index in [1.165, 1.54) is 12.3 Å². The number of nitrogens with zero attached hydrogens (tertiary/aromatic N) is 2. The van der Waals surface area contributed by atoms with Crippen LogP contribution in [0.15, 0.2) is 12.3 Å². The summed E-state index contributed by atoms with van der Waals surface area (Å²) in [5.41, 5.74) is 5.75. The van der Waals surface area contributed by atoms with Gasteiger partial charge in [0.15, 0.2) is 0 Å². The standard InChI is InChI=1S/C13H16FN5O2/c14-9-2-11(19(6-9)7-12(16)20)5-18-13(21)8-1-10(3-15)17-4-8/h1,4,9,11,17H,2,5-7H2,(H2,16,20)(H,18,21)/t9-,11-/m0/s1. The third-order valence-electron chi connectivity index (χ3n) is 3.40. The van der Waals surface area contributed by atoms with Crippen molar-refractivity contribution in [1.29, 1.82) is 5.26 Å². The van der Waals surface area contributed by atoms with Crippen molar-refractivity contribution in [3.8, 4) is 6.07 Å². The highest BCUT2D eigenvalue weighted by Gasteiger charge is 2.32. The highest BCUT2D eigenvalue weighted by Crippen LogP contribution is 2.19. The molecule has 1 aliphatic rings. The Morgan fingerprint density at radius 3 is 3.00 bits per heavy atom. The summed E-state index contributed by atoms with van der Waals surface area (Å²) in [5, 5.41) is 11.4. The number of nitriles is 1. The van der Waals surface area contributed by atoms with Gasteiger partial charge in [-0.1, -0.05) is 0 Å². The third-order valence-corrected chi connectivity index (χ3v) is 3.40. The van der Waals surface area contributed by atoms with Gasteiger partial charge in [0, 0.05) is 25.3 Å². The van der Waals surface area contributed by atoms with Crippen molar-refractivity contribution in [3.63, 3.8) is 0 Å². The number of hydrogen-bond donors (Lipinski definition) is 3. The molecule has 2 rings (SSSR count). The molecule has 21 heavy (non-hydrogen) atoms. The van der Waals surface area contributed by atoms with E-state index >= 15 is 0 Å². The van der Waals surface area contributed by atoms with Crippen LogP contribution in [0.2, 0.25) is 0 Å². The lowest BCUT2D eigenvalue weighted by Gasteiger charge is -2.22. The maximum Gasteiger partial charge on any atom is 0.252 e. The Kier molecular flexibility index (Phi) is 4.55. The Labute approximate surface area is 120 Å². The minimum atomic E-state index is -1.02. The molecular weight excluding hydrogens is 277 g/mol. The predicted molar refractivity (Wildman–Crippen MR) is 71.9 cm³/mol. The second-order valence-corrected chi connectivity index (χ2v) is 5.01. The molecule has 0 radical (unpaired) electrons. The molecule has 0 saturated carbocycles. The molecule has 1 fully saturated rings. The largest absolute Gasteiger partial charge is 0.369 e. The predicted octanol–water partition coefficient (Wildman–Crippen LogP) is -0.486. The fourth-order valence-electron chi connectivity index (χ4n) is 2.43. The lowest BCUT2D eigenvalue weighted by molar-refractivity contribution is -0.119. The van der Waals surface area contributed by atoms with E-state index in [1.54, 1.807) is 4.90 Å². The van der Waals surface area contributed by atoms with Gasteiger partial charge in [0.05, 0.1) is 12.1 Å². The number of rotatable bonds is 5. The van der Waals surface area contributed by atoms with Crippen LogP contribution in [0.25, 0.3) is 0 Å². The fourth-order valence-corrected chi connectivity index (χ4v) is 2.43. The van der Waals surface area contributed by atoms with E-state index in [0.717, 1.165) is 0 Å². The van der Waals surface area contributed by atoms with Crippen molar-refractivity contribution in [1.82, 2.24) is 15.2 Å². The second kappa shape index (κ2) is 6.37. The molecule has 2 atom stereocenters. The first-order valence-electron chi connectivity index (χ1n) is 6.52. The molecule has 0 aromatic carbocycles. The topological polar surface area (TPSA) is 115 Å². The van der Waals surface area contributed by atoms with Crippen LogP contribution >= 0.6 is 0 Å². The summed E-state index contributed by atoms with van der Waals surface area (Å²) in [7, 11) is 0. The smallest absolute Gasteiger partial charge is 0.252 e. The number of likely N-dealkylation sites (tertiary alicyclic amines) is 1. The summed E-state index contributed by atoms with van der Waals surface area (Å²) in [5.74, 6) is -0.876. The van der Waals surface area contributed by atoms with E-state index in [1.807, 2.05) is 6.07 Å². The van der Waals surface area contributed by atoms with Gasteiger partial charge >= 0.3 is 0 Å². The van der Waals surface area contributed by atoms with Gasteiger partial charge in [-0.15, -0.1) is 0 Å². The molecule has 2 heterocycles.